The molecule has 138 valence electrons. The van der Waals surface area contributed by atoms with E-state index in [1.807, 2.05) is 0 Å². The fourth-order valence-electron chi connectivity index (χ4n) is 3.21. The summed E-state index contributed by atoms with van der Waals surface area (Å²) >= 11 is 0. The van der Waals surface area contributed by atoms with E-state index < -0.39 is 12.5 Å². The first-order valence-electron chi connectivity index (χ1n) is 8.16. The van der Waals surface area contributed by atoms with Crippen LogP contribution in [0.25, 0.3) is 0 Å². The monoisotopic (exact) mass is 363 g/mol. The van der Waals surface area contributed by atoms with E-state index in [0.29, 0.717) is 5.82 Å². The summed E-state index contributed by atoms with van der Waals surface area (Å²) in [6.45, 7) is 0.795. The van der Waals surface area contributed by atoms with Crippen LogP contribution in [0.5, 0.6) is 5.75 Å². The topological polar surface area (TPSA) is 87.2 Å². The summed E-state index contributed by atoms with van der Waals surface area (Å²) in [6.07, 6.45) is 1.83. The van der Waals surface area contributed by atoms with Crippen LogP contribution in [0.2, 0.25) is 0 Å². The Hall–Kier alpha value is -2.77. The van der Waals surface area contributed by atoms with E-state index in [1.165, 1.54) is 16.7 Å². The molecule has 6 nitrogen and oxygen atoms in total. The minimum Gasteiger partial charge on any atom is -0.435 e. The summed E-state index contributed by atoms with van der Waals surface area (Å²) in [5.41, 5.74) is 5.39. The molecule has 2 N–H and O–H groups in total. The van der Waals surface area contributed by atoms with E-state index in [1.54, 1.807) is 19.1 Å². The number of benzene rings is 1. The third-order valence-corrected chi connectivity index (χ3v) is 4.76. The van der Waals surface area contributed by atoms with Crippen LogP contribution in [-0.4, -0.2) is 22.1 Å². The molecule has 0 bridgehead atoms. The van der Waals surface area contributed by atoms with Gasteiger partial charge in [0.2, 0.25) is 0 Å². The molecule has 1 aromatic carbocycles. The highest BCUT2D eigenvalue weighted by Crippen LogP contribution is 2.56. The van der Waals surface area contributed by atoms with Crippen molar-refractivity contribution in [3.8, 4) is 5.75 Å². The summed E-state index contributed by atoms with van der Waals surface area (Å²) < 4.78 is 30.6. The van der Waals surface area contributed by atoms with E-state index >= 15 is 0 Å². The molecular weight excluding hydrogens is 344 g/mol. The molecular formula is C18H19F2N3O3. The van der Waals surface area contributed by atoms with E-state index in [2.05, 4.69) is 16.6 Å². The maximum absolute atomic E-state index is 12.7. The Morgan fingerprint density at radius 2 is 1.92 bits per heavy atom. The van der Waals surface area contributed by atoms with E-state index in [0.717, 1.165) is 24.5 Å². The van der Waals surface area contributed by atoms with Crippen LogP contribution in [0.15, 0.2) is 35.1 Å². The molecule has 1 atom stereocenters. The average molecular weight is 363 g/mol. The molecule has 0 spiro atoms. The third kappa shape index (κ3) is 3.44. The van der Waals surface area contributed by atoms with Crippen molar-refractivity contribution in [2.45, 2.75) is 39.3 Å². The van der Waals surface area contributed by atoms with Gasteiger partial charge in [0, 0.05) is 6.07 Å². The highest BCUT2D eigenvalue weighted by molar-refractivity contribution is 5.90. The Kier molecular flexibility index (Phi) is 4.52. The van der Waals surface area contributed by atoms with Crippen LogP contribution in [0.1, 0.15) is 47.7 Å². The maximum Gasteiger partial charge on any atom is 0.387 e. The lowest BCUT2D eigenvalue weighted by atomic mass is 9.91. The van der Waals surface area contributed by atoms with Gasteiger partial charge in [-0.05, 0) is 42.9 Å². The third-order valence-electron chi connectivity index (χ3n) is 4.76. The van der Waals surface area contributed by atoms with Crippen LogP contribution in [-0.2, 0) is 0 Å². The molecule has 1 heterocycles. The van der Waals surface area contributed by atoms with Gasteiger partial charge in [0.1, 0.15) is 17.3 Å². The molecule has 8 heteroatoms. The predicted molar refractivity (Wildman–Crippen MR) is 90.3 cm³/mol. The molecule has 0 unspecified atom stereocenters. The van der Waals surface area contributed by atoms with Gasteiger partial charge in [0.15, 0.2) is 0 Å². The highest BCUT2D eigenvalue weighted by atomic mass is 19.3. The van der Waals surface area contributed by atoms with Gasteiger partial charge in [-0.3, -0.25) is 14.2 Å². The molecule has 1 saturated carbocycles. The minimum absolute atomic E-state index is 0.0507. The van der Waals surface area contributed by atoms with Gasteiger partial charge < -0.3 is 10.5 Å². The van der Waals surface area contributed by atoms with E-state index in [-0.39, 0.29) is 28.5 Å². The molecule has 1 fully saturated rings. The molecule has 0 aliphatic heterocycles. The van der Waals surface area contributed by atoms with Crippen molar-refractivity contribution in [1.82, 2.24) is 9.55 Å². The van der Waals surface area contributed by atoms with Crippen LogP contribution in [0.4, 0.5) is 8.78 Å². The lowest BCUT2D eigenvalue weighted by Gasteiger charge is -2.28. The molecule has 0 saturated heterocycles. The molecule has 1 aromatic heterocycles. The van der Waals surface area contributed by atoms with Crippen LogP contribution in [0.3, 0.4) is 0 Å². The van der Waals surface area contributed by atoms with Crippen molar-refractivity contribution in [2.24, 2.45) is 11.1 Å². The number of halogens is 2. The maximum atomic E-state index is 12.7. The lowest BCUT2D eigenvalue weighted by Crippen LogP contribution is -2.34. The minimum atomic E-state index is -2.90. The van der Waals surface area contributed by atoms with Crippen molar-refractivity contribution in [3.63, 3.8) is 0 Å². The molecule has 26 heavy (non-hydrogen) atoms. The number of ether oxygens (including phenoxy) is 1. The number of carbonyl (C=O) groups excluding carboxylic acids is 1. The number of hydrogen-bond acceptors (Lipinski definition) is 4. The highest BCUT2D eigenvalue weighted by Gasteiger charge is 2.47. The summed E-state index contributed by atoms with van der Waals surface area (Å²) in [4.78, 5) is 28.1. The number of carbonyl (C=O) groups is 1. The quantitative estimate of drug-likeness (QED) is 0.855. The number of amides is 1. The van der Waals surface area contributed by atoms with Gasteiger partial charge in [0.25, 0.3) is 11.5 Å². The van der Waals surface area contributed by atoms with Gasteiger partial charge in [-0.25, -0.2) is 4.98 Å². The standard InChI is InChI=1S/C18H19F2N3O3/c1-10-22-13(16(21)25)9-14(24)23(10)15(18(2)7-8-18)11-3-5-12(6-4-11)26-17(19)20/h3-6,9,15,17H,7-8H2,1-2H3,(H2,21,25)/t15-/m0/s1. The zero-order chi connectivity index (χ0) is 19.1. The first kappa shape index (κ1) is 18.0. The molecule has 3 rings (SSSR count). The average Bonchev–Trinajstić information content (AvgIpc) is 3.29. The second kappa shape index (κ2) is 6.51. The molecule has 2 aromatic rings. The van der Waals surface area contributed by atoms with E-state index in [9.17, 15) is 18.4 Å². The number of aromatic nitrogens is 2. The van der Waals surface area contributed by atoms with Crippen molar-refractivity contribution in [2.75, 3.05) is 0 Å². The predicted octanol–water partition coefficient (Wildman–Crippen LogP) is 2.64. The summed E-state index contributed by atoms with van der Waals surface area (Å²) in [5, 5.41) is 0. The van der Waals surface area contributed by atoms with Gasteiger partial charge >= 0.3 is 6.61 Å². The molecule has 1 aliphatic carbocycles. The Labute approximate surface area is 148 Å². The van der Waals surface area contributed by atoms with Gasteiger partial charge in [-0.2, -0.15) is 8.78 Å². The number of rotatable bonds is 6. The fraction of sp³-hybridized carbons (Fsp3) is 0.389. The zero-order valence-corrected chi connectivity index (χ0v) is 14.4. The van der Waals surface area contributed by atoms with Crippen molar-refractivity contribution in [3.05, 3.63) is 57.8 Å². The smallest absolute Gasteiger partial charge is 0.387 e. The summed E-state index contributed by atoms with van der Waals surface area (Å²) in [7, 11) is 0. The number of primary amides is 1. The number of nitrogens with zero attached hydrogens (tertiary/aromatic N) is 2. The van der Waals surface area contributed by atoms with Gasteiger partial charge in [-0.1, -0.05) is 19.1 Å². The molecule has 1 amide bonds. The van der Waals surface area contributed by atoms with Crippen LogP contribution >= 0.6 is 0 Å². The van der Waals surface area contributed by atoms with Gasteiger partial charge in [-0.15, -0.1) is 0 Å². The first-order chi connectivity index (χ1) is 12.2. The largest absolute Gasteiger partial charge is 0.435 e. The zero-order valence-electron chi connectivity index (χ0n) is 14.4. The van der Waals surface area contributed by atoms with Crippen LogP contribution in [0, 0.1) is 12.3 Å². The lowest BCUT2D eigenvalue weighted by molar-refractivity contribution is -0.0498. The normalized spacial score (nSPS) is 16.3. The number of aryl methyl sites for hydroxylation is 1. The second-order valence-corrected chi connectivity index (χ2v) is 6.77. The summed E-state index contributed by atoms with van der Waals surface area (Å²) in [5.74, 6) is -0.341. The Morgan fingerprint density at radius 3 is 2.38 bits per heavy atom. The molecule has 0 radical (unpaired) electrons. The number of alkyl halides is 2. The summed E-state index contributed by atoms with van der Waals surface area (Å²) in [6, 6.07) is 7.03. The first-order valence-corrected chi connectivity index (χ1v) is 8.16. The van der Waals surface area contributed by atoms with Crippen molar-refractivity contribution >= 4 is 5.91 Å². The fourth-order valence-corrected chi connectivity index (χ4v) is 3.21. The SMILES string of the molecule is Cc1nc(C(N)=O)cc(=O)n1[C@@H](c1ccc(OC(F)F)cc1)C1(C)CC1. The van der Waals surface area contributed by atoms with Gasteiger partial charge in [0.05, 0.1) is 6.04 Å². The Bertz CT molecular complexity index is 890. The Morgan fingerprint density at radius 1 is 1.31 bits per heavy atom. The van der Waals surface area contributed by atoms with Crippen molar-refractivity contribution in [1.29, 1.82) is 0 Å². The number of hydrogen-bond donors (Lipinski definition) is 1. The van der Waals surface area contributed by atoms with Crippen LogP contribution < -0.4 is 16.0 Å². The second-order valence-electron chi connectivity index (χ2n) is 6.77. The van der Waals surface area contributed by atoms with Crippen molar-refractivity contribution < 1.29 is 18.3 Å². The number of nitrogens with two attached hydrogens (primary N) is 1. The van der Waals surface area contributed by atoms with E-state index in [4.69, 9.17) is 5.73 Å². The molecule has 1 aliphatic rings. The Balaban J connectivity index is 2.06.